The van der Waals surface area contributed by atoms with E-state index in [0.717, 1.165) is 36.0 Å². The number of ether oxygens (including phenoxy) is 1. The first-order valence-corrected chi connectivity index (χ1v) is 9.29. The van der Waals surface area contributed by atoms with Gasteiger partial charge in [0, 0.05) is 25.1 Å². The fourth-order valence-electron chi connectivity index (χ4n) is 3.59. The van der Waals surface area contributed by atoms with E-state index in [4.69, 9.17) is 27.9 Å². The van der Waals surface area contributed by atoms with Crippen molar-refractivity contribution in [2.75, 3.05) is 23.9 Å². The Morgan fingerprint density at radius 1 is 1.29 bits per heavy atom. The van der Waals surface area contributed by atoms with Crippen molar-refractivity contribution in [2.24, 2.45) is 5.92 Å². The van der Waals surface area contributed by atoms with E-state index in [1.807, 2.05) is 13.8 Å². The van der Waals surface area contributed by atoms with Crippen LogP contribution in [0.3, 0.4) is 0 Å². The van der Waals surface area contributed by atoms with Gasteiger partial charge in [-0.05, 0) is 50.6 Å². The molecule has 130 valence electrons. The number of hydrogen-bond donors (Lipinski definition) is 1. The Kier molecular flexibility index (Phi) is 4.09. The summed E-state index contributed by atoms with van der Waals surface area (Å²) < 4.78 is 5.94. The minimum absolute atomic E-state index is 0.237. The van der Waals surface area contributed by atoms with Gasteiger partial charge in [-0.15, -0.1) is 11.6 Å². The topological polar surface area (TPSA) is 66.9 Å². The molecule has 2 bridgehead atoms. The molecule has 4 heterocycles. The summed E-state index contributed by atoms with van der Waals surface area (Å²) in [4.78, 5) is 19.1. The van der Waals surface area contributed by atoms with Crippen molar-refractivity contribution in [1.29, 1.82) is 0 Å². The van der Waals surface area contributed by atoms with Gasteiger partial charge in [-0.3, -0.25) is 0 Å². The third-order valence-corrected chi connectivity index (χ3v) is 5.43. The number of nitrogens with zero attached hydrogens (tertiary/aromatic N) is 4. The smallest absolute Gasteiger partial charge is 0.226 e. The largest absolute Gasteiger partial charge is 0.368 e. The molecule has 3 fully saturated rings. The first-order chi connectivity index (χ1) is 11.5. The van der Waals surface area contributed by atoms with Crippen LogP contribution in [0.5, 0.6) is 0 Å². The van der Waals surface area contributed by atoms with Crippen LogP contribution in [-0.4, -0.2) is 45.0 Å². The molecule has 0 unspecified atom stereocenters. The van der Waals surface area contributed by atoms with Gasteiger partial charge in [-0.2, -0.15) is 9.97 Å². The Morgan fingerprint density at radius 2 is 2.08 bits per heavy atom. The third kappa shape index (κ3) is 2.74. The van der Waals surface area contributed by atoms with E-state index in [1.54, 1.807) is 0 Å². The molecule has 0 aromatic carbocycles. The molecular weight excluding hydrogens is 349 g/mol. The summed E-state index contributed by atoms with van der Waals surface area (Å²) in [5.41, 5.74) is 0.887. The highest BCUT2D eigenvalue weighted by Gasteiger charge is 2.44. The summed E-state index contributed by atoms with van der Waals surface area (Å²) in [6.07, 6.45) is 3.30. The summed E-state index contributed by atoms with van der Waals surface area (Å²) in [5.74, 6) is 2.97. The first-order valence-electron chi connectivity index (χ1n) is 8.38. The highest BCUT2D eigenvalue weighted by molar-refractivity contribution is 6.28. The van der Waals surface area contributed by atoms with E-state index in [0.29, 0.717) is 24.2 Å². The number of aromatic nitrogens is 4. The Morgan fingerprint density at radius 3 is 2.75 bits per heavy atom. The average Bonchev–Trinajstić information content (AvgIpc) is 3.18. The lowest BCUT2D eigenvalue weighted by atomic mass is 9.86. The number of aromatic amines is 1. The minimum atomic E-state index is -0.552. The van der Waals surface area contributed by atoms with Crippen LogP contribution < -0.4 is 4.90 Å². The van der Waals surface area contributed by atoms with E-state index in [2.05, 4.69) is 24.8 Å². The van der Waals surface area contributed by atoms with Crippen molar-refractivity contribution < 1.29 is 4.74 Å². The van der Waals surface area contributed by atoms with E-state index < -0.39 is 5.60 Å². The zero-order valence-electron chi connectivity index (χ0n) is 13.9. The summed E-state index contributed by atoms with van der Waals surface area (Å²) in [5, 5.41) is 0.237. The Labute approximate surface area is 150 Å². The second kappa shape index (κ2) is 6.00. The number of H-pyrrole nitrogens is 1. The molecule has 24 heavy (non-hydrogen) atoms. The molecule has 6 nitrogen and oxygen atoms in total. The number of nitrogens with one attached hydrogen (secondary N) is 1. The number of fused-ring (bicyclic) bond motifs is 2. The molecule has 2 aliphatic heterocycles. The zero-order valence-corrected chi connectivity index (χ0v) is 15.4. The lowest BCUT2D eigenvalue weighted by Gasteiger charge is -2.26. The van der Waals surface area contributed by atoms with Crippen LogP contribution in [0.15, 0.2) is 0 Å². The van der Waals surface area contributed by atoms with Gasteiger partial charge in [-0.25, -0.2) is 4.98 Å². The predicted molar refractivity (Wildman–Crippen MR) is 94.9 cm³/mol. The van der Waals surface area contributed by atoms with Gasteiger partial charge in [0.2, 0.25) is 5.28 Å². The van der Waals surface area contributed by atoms with Crippen molar-refractivity contribution in [1.82, 2.24) is 19.9 Å². The van der Waals surface area contributed by atoms with Gasteiger partial charge in [0.15, 0.2) is 11.5 Å². The Bertz CT molecular complexity index is 756. The van der Waals surface area contributed by atoms with Crippen molar-refractivity contribution in [2.45, 2.75) is 44.8 Å². The molecule has 2 aromatic heterocycles. The Hall–Kier alpha value is -1.11. The SMILES string of the molecule is CC(C)(OCCCCl)c1nc2nc(Cl)nc(N3CC4CC3C4)c2[nH]1. The van der Waals surface area contributed by atoms with Crippen LogP contribution in [0.4, 0.5) is 5.82 Å². The number of imidazole rings is 1. The predicted octanol–water partition coefficient (Wildman–Crippen LogP) is 3.49. The van der Waals surface area contributed by atoms with E-state index in [1.165, 1.54) is 12.8 Å². The Balaban J connectivity index is 1.69. The van der Waals surface area contributed by atoms with E-state index in [9.17, 15) is 0 Å². The quantitative estimate of drug-likeness (QED) is 0.479. The van der Waals surface area contributed by atoms with Crippen LogP contribution in [0.1, 0.15) is 38.9 Å². The minimum Gasteiger partial charge on any atom is -0.368 e. The standard InChI is InChI=1S/C16H21Cl2N5O/c1-16(2,24-5-3-4-17)14-19-11-12(20-14)21-15(18)22-13(11)23-8-9-6-10(23)7-9/h9-10H,3-8H2,1-2H3,(H,19,20,21,22). The second-order valence-corrected chi connectivity index (χ2v) is 7.86. The van der Waals surface area contributed by atoms with Crippen molar-refractivity contribution >= 4 is 40.2 Å². The van der Waals surface area contributed by atoms with Gasteiger partial charge >= 0.3 is 0 Å². The number of hydrogen-bond acceptors (Lipinski definition) is 5. The molecule has 2 saturated heterocycles. The summed E-state index contributed by atoms with van der Waals surface area (Å²) >= 11 is 11.9. The van der Waals surface area contributed by atoms with Gasteiger partial charge in [0.1, 0.15) is 16.9 Å². The van der Waals surface area contributed by atoms with Gasteiger partial charge in [-0.1, -0.05) is 0 Å². The van der Waals surface area contributed by atoms with Gasteiger partial charge in [0.25, 0.3) is 0 Å². The van der Waals surface area contributed by atoms with Crippen LogP contribution in [-0.2, 0) is 10.3 Å². The van der Waals surface area contributed by atoms with E-state index in [-0.39, 0.29) is 5.28 Å². The van der Waals surface area contributed by atoms with Gasteiger partial charge < -0.3 is 14.6 Å². The fourth-order valence-corrected chi connectivity index (χ4v) is 3.86. The molecule has 0 spiro atoms. The van der Waals surface area contributed by atoms with Crippen molar-refractivity contribution in [3.8, 4) is 0 Å². The van der Waals surface area contributed by atoms with Crippen molar-refractivity contribution in [3.63, 3.8) is 0 Å². The highest BCUT2D eigenvalue weighted by Crippen LogP contribution is 2.44. The van der Waals surface area contributed by atoms with Crippen molar-refractivity contribution in [3.05, 3.63) is 11.1 Å². The summed E-state index contributed by atoms with van der Waals surface area (Å²) in [7, 11) is 0. The highest BCUT2D eigenvalue weighted by atomic mass is 35.5. The maximum absolute atomic E-state index is 6.14. The molecule has 1 saturated carbocycles. The van der Waals surface area contributed by atoms with Crippen LogP contribution in [0.2, 0.25) is 5.28 Å². The normalized spacial score (nSPS) is 23.1. The summed E-state index contributed by atoms with van der Waals surface area (Å²) in [6, 6.07) is 0.573. The number of anilines is 1. The molecule has 3 aliphatic rings. The second-order valence-electron chi connectivity index (χ2n) is 7.15. The van der Waals surface area contributed by atoms with Gasteiger partial charge in [0.05, 0.1) is 0 Å². The lowest BCUT2D eigenvalue weighted by Crippen LogP contribution is -2.29. The molecule has 0 amide bonds. The first kappa shape index (κ1) is 16.4. The fraction of sp³-hybridized carbons (Fsp3) is 0.688. The molecule has 0 radical (unpaired) electrons. The molecular formula is C16H21Cl2N5O. The average molecular weight is 370 g/mol. The number of halogens is 2. The molecule has 0 atom stereocenters. The van der Waals surface area contributed by atoms with Crippen LogP contribution in [0, 0.1) is 5.92 Å². The summed E-state index contributed by atoms with van der Waals surface area (Å²) in [6.45, 7) is 5.60. The maximum Gasteiger partial charge on any atom is 0.226 e. The molecule has 1 N–H and O–H groups in total. The number of alkyl halides is 1. The molecule has 8 heteroatoms. The maximum atomic E-state index is 6.14. The number of rotatable bonds is 6. The molecule has 2 aromatic rings. The van der Waals surface area contributed by atoms with Crippen LogP contribution in [0.25, 0.3) is 11.2 Å². The van der Waals surface area contributed by atoms with E-state index >= 15 is 0 Å². The third-order valence-electron chi connectivity index (χ3n) is 4.99. The van der Waals surface area contributed by atoms with Crippen LogP contribution >= 0.6 is 23.2 Å². The molecule has 1 aliphatic carbocycles. The molecule has 5 rings (SSSR count). The monoisotopic (exact) mass is 369 g/mol. The zero-order chi connectivity index (χ0) is 16.9. The lowest BCUT2D eigenvalue weighted by molar-refractivity contribution is -0.0267.